The maximum atomic E-state index is 14.7. The van der Waals surface area contributed by atoms with Crippen molar-refractivity contribution < 1.29 is 72.9 Å². The van der Waals surface area contributed by atoms with E-state index < -0.39 is 163 Å². The number of aromatic nitrogens is 4. The summed E-state index contributed by atoms with van der Waals surface area (Å²) in [6.45, 7) is 5.79. The fourth-order valence-corrected chi connectivity index (χ4v) is 11.7. The molecule has 4 aromatic carbocycles. The highest BCUT2D eigenvalue weighted by atomic mass is 16.3. The Kier molecular flexibility index (Phi) is 30.5. The molecule has 0 saturated heterocycles. The Morgan fingerprint density at radius 3 is 1.63 bits per heavy atom. The zero-order valence-corrected chi connectivity index (χ0v) is 57.1. The molecule has 6 aromatic rings. The number of amidine groups is 1. The van der Waals surface area contributed by atoms with Crippen LogP contribution in [0.2, 0.25) is 0 Å². The van der Waals surface area contributed by atoms with Crippen LogP contribution in [0.3, 0.4) is 0 Å². The lowest BCUT2D eigenvalue weighted by Crippen LogP contribution is -2.50. The van der Waals surface area contributed by atoms with Crippen molar-refractivity contribution in [3.8, 4) is 11.5 Å². The van der Waals surface area contributed by atoms with Gasteiger partial charge in [0.05, 0.1) is 55.1 Å². The van der Waals surface area contributed by atoms with Gasteiger partial charge in [-0.15, -0.1) is 5.10 Å². The number of phenolic OH excluding ortho intramolecular Hbond substituents is 2. The fourth-order valence-electron chi connectivity index (χ4n) is 11.7. The van der Waals surface area contributed by atoms with E-state index in [0.29, 0.717) is 51.8 Å². The number of fused-ring (bicyclic) bond motifs is 1. The van der Waals surface area contributed by atoms with E-state index in [1.54, 1.807) is 72.9 Å². The van der Waals surface area contributed by atoms with Gasteiger partial charge in [-0.05, 0) is 97.0 Å². The van der Waals surface area contributed by atoms with E-state index in [1.165, 1.54) is 54.2 Å². The number of benzene rings is 4. The van der Waals surface area contributed by atoms with Crippen LogP contribution in [0.1, 0.15) is 126 Å². The van der Waals surface area contributed by atoms with Crippen molar-refractivity contribution in [2.24, 2.45) is 57.5 Å². The SMILES string of the molecule is CCC(N)=NCCC[C@H](NC(=O)[C@H](CC(C)C)n1cc(CNC(=O)[C@@H](CC(=O)[C@H](CO)NC(=O)[C@H](CC(N)=O)CC(=O)[C@H](Cc2c[nH]c3ccccc23)NC(=O)[C@H](CC(N)=O)CC(=O)[C@H](Cc2ccc(O)cc2)NC(C)=O)Cc2ccccc2)nn1)C(=O)C[C@@H](Cc1ccc(O)cc1)C(N)=O. The minimum Gasteiger partial charge on any atom is -0.508 e. The summed E-state index contributed by atoms with van der Waals surface area (Å²) in [4.78, 5) is 172. The second kappa shape index (κ2) is 39.0. The number of primary amides is 3. The molecule has 29 nitrogen and oxygen atoms in total. The van der Waals surface area contributed by atoms with Gasteiger partial charge in [0.2, 0.25) is 47.3 Å². The van der Waals surface area contributed by atoms with E-state index in [0.717, 1.165) is 0 Å². The minimum atomic E-state index is -1.70. The third-order valence-electron chi connectivity index (χ3n) is 17.1. The molecule has 0 unspecified atom stereocenters. The van der Waals surface area contributed by atoms with Crippen molar-refractivity contribution in [1.29, 1.82) is 0 Å². The van der Waals surface area contributed by atoms with Crippen molar-refractivity contribution >= 4 is 87.1 Å². The molecule has 101 heavy (non-hydrogen) atoms. The van der Waals surface area contributed by atoms with E-state index in [-0.39, 0.29) is 81.1 Å². The number of nitrogens with zero attached hydrogens (tertiary/aromatic N) is 4. The van der Waals surface area contributed by atoms with Gasteiger partial charge in [0.15, 0.2) is 23.1 Å². The molecule has 0 spiro atoms. The van der Waals surface area contributed by atoms with Crippen LogP contribution in [-0.2, 0) is 89.8 Å². The normalized spacial score (nSPS) is 14.2. The lowest BCUT2D eigenvalue weighted by Gasteiger charge is -2.25. The number of H-pyrrole nitrogens is 1. The molecule has 0 bridgehead atoms. The molecule has 540 valence electrons. The topological polar surface area (TPSA) is 489 Å². The molecule has 2 aromatic heterocycles. The van der Waals surface area contributed by atoms with Crippen LogP contribution >= 0.6 is 0 Å². The number of aromatic hydroxyl groups is 2. The van der Waals surface area contributed by atoms with Crippen molar-refractivity contribution in [1.82, 2.24) is 46.6 Å². The highest BCUT2D eigenvalue weighted by Crippen LogP contribution is 2.26. The van der Waals surface area contributed by atoms with Crippen LogP contribution in [0.25, 0.3) is 10.9 Å². The molecule has 0 aliphatic heterocycles. The van der Waals surface area contributed by atoms with Crippen molar-refractivity contribution in [2.75, 3.05) is 13.2 Å². The van der Waals surface area contributed by atoms with Crippen LogP contribution in [0.4, 0.5) is 0 Å². The van der Waals surface area contributed by atoms with E-state index in [2.05, 4.69) is 46.9 Å². The molecule has 0 fully saturated rings. The summed E-state index contributed by atoms with van der Waals surface area (Å²) >= 11 is 0. The number of hydrogen-bond donors (Lipinski definition) is 13. The highest BCUT2D eigenvalue weighted by molar-refractivity contribution is 6.00. The van der Waals surface area contributed by atoms with Gasteiger partial charge in [0.1, 0.15) is 29.3 Å². The number of aliphatic imine (C=N–C) groups is 1. The number of nitrogens with one attached hydrogen (secondary N) is 6. The number of carbonyl (C=O) groups excluding carboxylic acids is 12. The molecule has 6 rings (SSSR count). The first-order valence-electron chi connectivity index (χ1n) is 33.5. The summed E-state index contributed by atoms with van der Waals surface area (Å²) in [7, 11) is 0. The average Bonchev–Trinajstić information content (AvgIpc) is 1.73. The van der Waals surface area contributed by atoms with Gasteiger partial charge in [-0.1, -0.05) is 98.8 Å². The quantitative estimate of drug-likeness (QED) is 0.0148. The first-order chi connectivity index (χ1) is 48.1. The predicted octanol–water partition coefficient (Wildman–Crippen LogP) is 2.38. The maximum Gasteiger partial charge on any atom is 0.245 e. The van der Waals surface area contributed by atoms with Crippen LogP contribution in [0, 0.1) is 29.6 Å². The number of ketones is 4. The molecule has 0 aliphatic rings. The van der Waals surface area contributed by atoms with E-state index >= 15 is 0 Å². The number of nitrogens with two attached hydrogens (primary N) is 4. The summed E-state index contributed by atoms with van der Waals surface area (Å²) in [5.41, 5.74) is 26.2. The largest absolute Gasteiger partial charge is 0.508 e. The average molecular weight is 1390 g/mol. The van der Waals surface area contributed by atoms with E-state index in [1.807, 2.05) is 20.8 Å². The van der Waals surface area contributed by atoms with Crippen LogP contribution in [-0.4, -0.2) is 149 Å². The zero-order valence-electron chi connectivity index (χ0n) is 57.1. The van der Waals surface area contributed by atoms with Gasteiger partial charge in [-0.25, -0.2) is 4.68 Å². The Morgan fingerprint density at radius 1 is 0.564 bits per heavy atom. The summed E-state index contributed by atoms with van der Waals surface area (Å²) < 4.78 is 1.31. The Labute approximate surface area is 584 Å². The number of aromatic amines is 1. The van der Waals surface area contributed by atoms with Crippen LogP contribution in [0.15, 0.2) is 121 Å². The zero-order chi connectivity index (χ0) is 73.9. The number of carbonyl (C=O) groups is 12. The van der Waals surface area contributed by atoms with Gasteiger partial charge in [0, 0.05) is 93.8 Å². The number of Topliss-reactive ketones (excluding diaryl/α,β-unsaturated/α-hetero) is 4. The number of amides is 8. The number of rotatable bonds is 44. The van der Waals surface area contributed by atoms with E-state index in [9.17, 15) is 72.9 Å². The molecular weight excluding hydrogens is 1300 g/mol. The summed E-state index contributed by atoms with van der Waals surface area (Å²) in [5.74, 6) is -14.3. The number of para-hydroxylation sites is 1. The third kappa shape index (κ3) is 25.7. The maximum absolute atomic E-state index is 14.7. The first-order valence-corrected chi connectivity index (χ1v) is 33.5. The van der Waals surface area contributed by atoms with Gasteiger partial charge in [0.25, 0.3) is 0 Å². The van der Waals surface area contributed by atoms with Crippen LogP contribution in [0.5, 0.6) is 11.5 Å². The second-order valence-electron chi connectivity index (χ2n) is 25.7. The van der Waals surface area contributed by atoms with Crippen molar-refractivity contribution in [2.45, 2.75) is 154 Å². The fraction of sp³-hybridized carbons (Fsp3) is 0.431. The summed E-state index contributed by atoms with van der Waals surface area (Å²) in [6, 6.07) is 21.1. The standard InChI is InChI=1S/C72H92N14O15/c1-5-65(73)77-25-11-16-56(61(91)31-46(68(76)97)27-44-17-21-52(89)22-18-44)81-72(101)60(26-41(2)3)86-39-51(84-85-86)38-79-69(98)47(28-43-12-7-6-8-13-43)32-64(94)59(40-87)83-71(100)49(36-67(75)96)34-63(93)58(30-50-37-78-55-15-10-9-14-54(50)55)82-70(99)48(35-66(74)95)33-62(92)57(80-42(4)88)29-45-19-23-53(90)24-20-45/h6-10,12-15,17-24,37,39,41,46-49,56-60,78,87,89-90H,5,11,16,25-36,38,40H2,1-4H3,(H2,73,77)(H2,74,95)(H2,75,96)(H2,76,97)(H,79,98)(H,80,88)(H,81,101)(H,82,99)(H,83,100)/t46-,47-,48+,49+,56+,57+,58+,59+,60+/m1/s1. The van der Waals surface area contributed by atoms with Gasteiger partial charge in [-0.3, -0.25) is 62.5 Å². The molecule has 0 aliphatic carbocycles. The molecule has 8 amide bonds. The van der Waals surface area contributed by atoms with Gasteiger partial charge < -0.3 is 69.8 Å². The highest BCUT2D eigenvalue weighted by Gasteiger charge is 2.37. The number of phenols is 2. The Morgan fingerprint density at radius 2 is 1.07 bits per heavy atom. The Balaban J connectivity index is 1.18. The molecular formula is C72H92N14O15. The molecule has 9 atom stereocenters. The number of aliphatic hydroxyl groups is 1. The monoisotopic (exact) mass is 1390 g/mol. The van der Waals surface area contributed by atoms with Gasteiger partial charge in [-0.2, -0.15) is 0 Å². The molecule has 17 N–H and O–H groups in total. The molecule has 29 heteroatoms. The van der Waals surface area contributed by atoms with E-state index in [4.69, 9.17) is 22.9 Å². The van der Waals surface area contributed by atoms with Crippen LogP contribution < -0.4 is 49.5 Å². The van der Waals surface area contributed by atoms with Crippen molar-refractivity contribution in [3.05, 3.63) is 143 Å². The Hall–Kier alpha value is -11.0. The molecule has 2 heterocycles. The third-order valence-corrected chi connectivity index (χ3v) is 17.1. The summed E-state index contributed by atoms with van der Waals surface area (Å²) in [6.07, 6.45) is 0.334. The predicted molar refractivity (Wildman–Crippen MR) is 372 cm³/mol. The molecule has 0 saturated carbocycles. The Bertz CT molecular complexity index is 3890. The van der Waals surface area contributed by atoms with Gasteiger partial charge >= 0.3 is 0 Å². The number of aliphatic hydroxyl groups excluding tert-OH is 1. The number of hydrogen-bond acceptors (Lipinski definition) is 18. The van der Waals surface area contributed by atoms with Crippen molar-refractivity contribution in [3.63, 3.8) is 0 Å². The second-order valence-corrected chi connectivity index (χ2v) is 25.7. The first kappa shape index (κ1) is 79.0. The lowest BCUT2D eigenvalue weighted by molar-refractivity contribution is -0.137. The smallest absolute Gasteiger partial charge is 0.245 e. The minimum absolute atomic E-state index is 0.0174. The lowest BCUT2D eigenvalue weighted by atomic mass is 9.89. The molecule has 0 radical (unpaired) electrons. The summed E-state index contributed by atoms with van der Waals surface area (Å²) in [5, 5.41) is 52.8.